The van der Waals surface area contributed by atoms with Gasteiger partial charge in [0.15, 0.2) is 0 Å². The molecule has 1 fully saturated rings. The summed E-state index contributed by atoms with van der Waals surface area (Å²) in [6, 6.07) is 11.8. The summed E-state index contributed by atoms with van der Waals surface area (Å²) in [6.07, 6.45) is 7.57. The van der Waals surface area contributed by atoms with Crippen LogP contribution in [0.4, 0.5) is 0 Å². The first kappa shape index (κ1) is 15.6. The zero-order chi connectivity index (χ0) is 17.2. The lowest BCUT2D eigenvalue weighted by Crippen LogP contribution is -2.38. The lowest BCUT2D eigenvalue weighted by molar-refractivity contribution is 0.0721. The maximum atomic E-state index is 12.9. The van der Waals surface area contributed by atoms with Gasteiger partial charge in [-0.1, -0.05) is 0 Å². The molecule has 1 amide bonds. The van der Waals surface area contributed by atoms with E-state index in [9.17, 15) is 4.79 Å². The van der Waals surface area contributed by atoms with Crippen LogP contribution in [0.25, 0.3) is 5.69 Å². The molecule has 0 N–H and O–H groups in total. The number of carbonyl (C=O) groups excluding carboxylic acids is 1. The second-order valence-electron chi connectivity index (χ2n) is 6.45. The Balaban J connectivity index is 1.51. The predicted molar refractivity (Wildman–Crippen MR) is 94.6 cm³/mol. The Morgan fingerprint density at radius 3 is 2.68 bits per heavy atom. The standard InChI is InChI=1S/C19H21N5O/c1-15-9-11-21-24(15)17-7-5-16(6-8-17)19(25)23-13-2-4-18(23)14-22-12-3-10-20-22/h3,5-12,18H,2,4,13-14H2,1H3. The number of rotatable bonds is 4. The lowest BCUT2D eigenvalue weighted by atomic mass is 10.1. The highest BCUT2D eigenvalue weighted by atomic mass is 16.2. The van der Waals surface area contributed by atoms with Crippen LogP contribution in [0.2, 0.25) is 0 Å². The monoisotopic (exact) mass is 335 g/mol. The first-order chi connectivity index (χ1) is 12.2. The number of aromatic nitrogens is 4. The summed E-state index contributed by atoms with van der Waals surface area (Å²) < 4.78 is 3.77. The molecule has 0 spiro atoms. The van der Waals surface area contributed by atoms with Crippen molar-refractivity contribution in [3.63, 3.8) is 0 Å². The number of carbonyl (C=O) groups is 1. The van der Waals surface area contributed by atoms with E-state index in [0.717, 1.165) is 42.9 Å². The third-order valence-corrected chi connectivity index (χ3v) is 4.79. The first-order valence-corrected chi connectivity index (χ1v) is 8.62. The predicted octanol–water partition coefficient (Wildman–Crippen LogP) is 2.68. The molecule has 128 valence electrons. The van der Waals surface area contributed by atoms with Gasteiger partial charge in [0.25, 0.3) is 5.91 Å². The Morgan fingerprint density at radius 1 is 1.16 bits per heavy atom. The summed E-state index contributed by atoms with van der Waals surface area (Å²) in [6.45, 7) is 3.57. The van der Waals surface area contributed by atoms with Crippen molar-refractivity contribution in [3.05, 3.63) is 66.2 Å². The highest BCUT2D eigenvalue weighted by Gasteiger charge is 2.29. The van der Waals surface area contributed by atoms with E-state index in [0.29, 0.717) is 0 Å². The van der Waals surface area contributed by atoms with Crippen LogP contribution in [0, 0.1) is 6.92 Å². The summed E-state index contributed by atoms with van der Waals surface area (Å²) in [5, 5.41) is 8.57. The van der Waals surface area contributed by atoms with Crippen molar-refractivity contribution >= 4 is 5.91 Å². The van der Waals surface area contributed by atoms with Crippen LogP contribution in [0.3, 0.4) is 0 Å². The molecule has 6 nitrogen and oxygen atoms in total. The fourth-order valence-electron chi connectivity index (χ4n) is 3.47. The number of nitrogens with zero attached hydrogens (tertiary/aromatic N) is 5. The van der Waals surface area contributed by atoms with Gasteiger partial charge in [-0.25, -0.2) is 4.68 Å². The van der Waals surface area contributed by atoms with E-state index in [1.807, 2.05) is 63.8 Å². The highest BCUT2D eigenvalue weighted by molar-refractivity contribution is 5.94. The van der Waals surface area contributed by atoms with Crippen LogP contribution in [0.1, 0.15) is 28.9 Å². The molecule has 4 rings (SSSR count). The van der Waals surface area contributed by atoms with E-state index in [2.05, 4.69) is 10.2 Å². The molecule has 6 heteroatoms. The van der Waals surface area contributed by atoms with Crippen molar-refractivity contribution in [2.75, 3.05) is 6.54 Å². The molecule has 1 aliphatic heterocycles. The molecule has 25 heavy (non-hydrogen) atoms. The van der Waals surface area contributed by atoms with Crippen molar-refractivity contribution in [1.82, 2.24) is 24.5 Å². The molecule has 1 aliphatic rings. The van der Waals surface area contributed by atoms with Gasteiger partial charge in [0, 0.05) is 36.4 Å². The van der Waals surface area contributed by atoms with Gasteiger partial charge in [-0.05, 0) is 56.2 Å². The fraction of sp³-hybridized carbons (Fsp3) is 0.316. The van der Waals surface area contributed by atoms with Crippen LogP contribution in [-0.4, -0.2) is 43.0 Å². The first-order valence-electron chi connectivity index (χ1n) is 8.62. The highest BCUT2D eigenvalue weighted by Crippen LogP contribution is 2.22. The molecule has 1 aromatic carbocycles. The molecular weight excluding hydrogens is 314 g/mol. The van der Waals surface area contributed by atoms with Crippen LogP contribution in [-0.2, 0) is 6.54 Å². The van der Waals surface area contributed by atoms with Crippen molar-refractivity contribution in [2.45, 2.75) is 32.4 Å². The van der Waals surface area contributed by atoms with Gasteiger partial charge in [-0.2, -0.15) is 10.2 Å². The number of hydrogen-bond acceptors (Lipinski definition) is 3. The van der Waals surface area contributed by atoms with Crippen molar-refractivity contribution in [2.24, 2.45) is 0 Å². The second-order valence-corrected chi connectivity index (χ2v) is 6.45. The molecular formula is C19H21N5O. The SMILES string of the molecule is Cc1ccnn1-c1ccc(C(=O)N2CCCC2Cn2cccn2)cc1. The number of amides is 1. The quantitative estimate of drug-likeness (QED) is 0.736. The van der Waals surface area contributed by atoms with Crippen LogP contribution < -0.4 is 0 Å². The molecule has 1 saturated heterocycles. The van der Waals surface area contributed by atoms with E-state index in [1.54, 1.807) is 12.4 Å². The van der Waals surface area contributed by atoms with E-state index in [-0.39, 0.29) is 11.9 Å². The minimum atomic E-state index is 0.0957. The lowest BCUT2D eigenvalue weighted by Gasteiger charge is -2.25. The van der Waals surface area contributed by atoms with Gasteiger partial charge in [-0.3, -0.25) is 9.48 Å². The normalized spacial score (nSPS) is 17.2. The Morgan fingerprint density at radius 2 is 2.00 bits per heavy atom. The van der Waals surface area contributed by atoms with Gasteiger partial charge in [-0.15, -0.1) is 0 Å². The Kier molecular flexibility index (Phi) is 4.09. The van der Waals surface area contributed by atoms with Crippen molar-refractivity contribution < 1.29 is 4.79 Å². The number of benzene rings is 1. The smallest absolute Gasteiger partial charge is 0.254 e. The Labute approximate surface area is 146 Å². The molecule has 0 radical (unpaired) electrons. The van der Waals surface area contributed by atoms with Gasteiger partial charge in [0.05, 0.1) is 18.3 Å². The molecule has 0 aliphatic carbocycles. The number of aryl methyl sites for hydroxylation is 1. The van der Waals surface area contributed by atoms with Gasteiger partial charge >= 0.3 is 0 Å². The molecule has 1 atom stereocenters. The topological polar surface area (TPSA) is 56.0 Å². The third-order valence-electron chi connectivity index (χ3n) is 4.79. The van der Waals surface area contributed by atoms with Crippen LogP contribution in [0.5, 0.6) is 0 Å². The van der Waals surface area contributed by atoms with E-state index in [1.165, 1.54) is 0 Å². The van der Waals surface area contributed by atoms with Crippen LogP contribution >= 0.6 is 0 Å². The maximum absolute atomic E-state index is 12.9. The summed E-state index contributed by atoms with van der Waals surface area (Å²) in [4.78, 5) is 14.9. The average Bonchev–Trinajstić information content (AvgIpc) is 3.37. The number of hydrogen-bond donors (Lipinski definition) is 0. The third kappa shape index (κ3) is 3.07. The molecule has 2 aromatic heterocycles. The summed E-state index contributed by atoms with van der Waals surface area (Å²) in [5.74, 6) is 0.0957. The van der Waals surface area contributed by atoms with E-state index in [4.69, 9.17) is 0 Å². The van der Waals surface area contributed by atoms with E-state index < -0.39 is 0 Å². The summed E-state index contributed by atoms with van der Waals surface area (Å²) in [7, 11) is 0. The zero-order valence-corrected chi connectivity index (χ0v) is 14.2. The average molecular weight is 335 g/mol. The molecule has 3 heterocycles. The Hall–Kier alpha value is -2.89. The largest absolute Gasteiger partial charge is 0.334 e. The summed E-state index contributed by atoms with van der Waals surface area (Å²) in [5.41, 5.74) is 2.76. The van der Waals surface area contributed by atoms with Gasteiger partial charge in [0.2, 0.25) is 0 Å². The fourth-order valence-corrected chi connectivity index (χ4v) is 3.47. The minimum absolute atomic E-state index is 0.0957. The van der Waals surface area contributed by atoms with E-state index >= 15 is 0 Å². The van der Waals surface area contributed by atoms with Gasteiger partial charge in [0.1, 0.15) is 0 Å². The Bertz CT molecular complexity index is 850. The summed E-state index contributed by atoms with van der Waals surface area (Å²) >= 11 is 0. The maximum Gasteiger partial charge on any atom is 0.254 e. The number of likely N-dealkylation sites (tertiary alicyclic amines) is 1. The zero-order valence-electron chi connectivity index (χ0n) is 14.2. The van der Waals surface area contributed by atoms with Crippen molar-refractivity contribution in [1.29, 1.82) is 0 Å². The molecule has 0 saturated carbocycles. The second kappa shape index (κ2) is 6.55. The van der Waals surface area contributed by atoms with Crippen LogP contribution in [0.15, 0.2) is 55.0 Å². The molecule has 0 bridgehead atoms. The molecule has 3 aromatic rings. The van der Waals surface area contributed by atoms with Crippen molar-refractivity contribution in [3.8, 4) is 5.69 Å². The minimum Gasteiger partial charge on any atom is -0.334 e. The van der Waals surface area contributed by atoms with Gasteiger partial charge < -0.3 is 4.90 Å². The molecule has 1 unspecified atom stereocenters.